The Balaban J connectivity index is 1.57. The van der Waals surface area contributed by atoms with E-state index in [0.29, 0.717) is 19.5 Å². The molecule has 1 aliphatic rings. The summed E-state index contributed by atoms with van der Waals surface area (Å²) in [6.07, 6.45) is 1.43. The standard InChI is InChI=1S/C18H22N2O2S/c21-11-10-19(13-15-7-12-23-14-15)8-6-18(22)20-9-5-16-3-1-2-4-17(16)20/h1-4,7,12,14,21H,5-6,8-11,13H2. The molecule has 1 amide bonds. The van der Waals surface area contributed by atoms with Crippen LogP contribution in [-0.2, 0) is 17.8 Å². The molecule has 0 fully saturated rings. The lowest BCUT2D eigenvalue weighted by Gasteiger charge is -2.23. The zero-order valence-corrected chi connectivity index (χ0v) is 14.0. The molecule has 1 aromatic heterocycles. The molecule has 0 atom stereocenters. The highest BCUT2D eigenvalue weighted by atomic mass is 32.1. The monoisotopic (exact) mass is 330 g/mol. The minimum Gasteiger partial charge on any atom is -0.395 e. The Hall–Kier alpha value is -1.69. The molecule has 4 nitrogen and oxygen atoms in total. The van der Waals surface area contributed by atoms with Crippen LogP contribution in [0.15, 0.2) is 41.1 Å². The summed E-state index contributed by atoms with van der Waals surface area (Å²) < 4.78 is 0. The van der Waals surface area contributed by atoms with Crippen molar-refractivity contribution in [1.82, 2.24) is 4.90 Å². The topological polar surface area (TPSA) is 43.8 Å². The number of fused-ring (bicyclic) bond motifs is 1. The van der Waals surface area contributed by atoms with E-state index in [9.17, 15) is 9.90 Å². The third-order valence-corrected chi connectivity index (χ3v) is 4.96. The maximum Gasteiger partial charge on any atom is 0.228 e. The predicted octanol–water partition coefficient (Wildman–Crippen LogP) is 2.52. The van der Waals surface area contributed by atoms with Gasteiger partial charge >= 0.3 is 0 Å². The first-order valence-corrected chi connectivity index (χ1v) is 8.95. The first-order valence-electron chi connectivity index (χ1n) is 8.00. The van der Waals surface area contributed by atoms with Gasteiger partial charge in [-0.25, -0.2) is 0 Å². The number of anilines is 1. The second-order valence-electron chi connectivity index (χ2n) is 5.81. The molecular formula is C18H22N2O2S. The Bertz CT molecular complexity index is 642. The molecule has 5 heteroatoms. The minimum absolute atomic E-state index is 0.116. The second kappa shape index (κ2) is 7.73. The fraction of sp³-hybridized carbons (Fsp3) is 0.389. The molecule has 0 spiro atoms. The van der Waals surface area contributed by atoms with E-state index in [1.165, 1.54) is 11.1 Å². The number of thiophene rings is 1. The van der Waals surface area contributed by atoms with Gasteiger partial charge in [0.2, 0.25) is 5.91 Å². The Labute approximate surface area is 141 Å². The quantitative estimate of drug-likeness (QED) is 0.848. The summed E-state index contributed by atoms with van der Waals surface area (Å²) in [5, 5.41) is 13.4. The second-order valence-corrected chi connectivity index (χ2v) is 6.59. The molecule has 2 heterocycles. The molecule has 2 aromatic rings. The number of hydrogen-bond donors (Lipinski definition) is 1. The number of aliphatic hydroxyl groups is 1. The van der Waals surface area contributed by atoms with Gasteiger partial charge in [0.1, 0.15) is 0 Å². The van der Waals surface area contributed by atoms with E-state index < -0.39 is 0 Å². The zero-order valence-electron chi connectivity index (χ0n) is 13.1. The largest absolute Gasteiger partial charge is 0.395 e. The number of benzene rings is 1. The van der Waals surface area contributed by atoms with Gasteiger partial charge in [0.15, 0.2) is 0 Å². The first kappa shape index (κ1) is 16.2. The van der Waals surface area contributed by atoms with Crippen LogP contribution in [0.4, 0.5) is 5.69 Å². The Morgan fingerprint density at radius 3 is 2.91 bits per heavy atom. The molecule has 0 bridgehead atoms. The lowest BCUT2D eigenvalue weighted by molar-refractivity contribution is -0.118. The fourth-order valence-electron chi connectivity index (χ4n) is 3.04. The number of para-hydroxylation sites is 1. The lowest BCUT2D eigenvalue weighted by Crippen LogP contribution is -2.34. The molecule has 0 aliphatic carbocycles. The van der Waals surface area contributed by atoms with Crippen LogP contribution in [0.25, 0.3) is 0 Å². The van der Waals surface area contributed by atoms with Gasteiger partial charge in [-0.1, -0.05) is 18.2 Å². The van der Waals surface area contributed by atoms with Crippen molar-refractivity contribution in [3.05, 3.63) is 52.2 Å². The van der Waals surface area contributed by atoms with Gasteiger partial charge < -0.3 is 10.0 Å². The van der Waals surface area contributed by atoms with E-state index in [1.54, 1.807) is 11.3 Å². The van der Waals surface area contributed by atoms with Gasteiger partial charge in [-0.15, -0.1) is 0 Å². The predicted molar refractivity (Wildman–Crippen MR) is 93.8 cm³/mol. The van der Waals surface area contributed by atoms with Crippen molar-refractivity contribution in [3.63, 3.8) is 0 Å². The summed E-state index contributed by atoms with van der Waals surface area (Å²) in [6.45, 7) is 2.95. The molecule has 122 valence electrons. The van der Waals surface area contributed by atoms with E-state index >= 15 is 0 Å². The molecule has 1 N–H and O–H groups in total. The number of carbonyl (C=O) groups is 1. The fourth-order valence-corrected chi connectivity index (χ4v) is 3.70. The molecular weight excluding hydrogens is 308 g/mol. The minimum atomic E-state index is 0.116. The van der Waals surface area contributed by atoms with Crippen LogP contribution in [0.3, 0.4) is 0 Å². The number of aliphatic hydroxyl groups excluding tert-OH is 1. The maximum atomic E-state index is 12.6. The van der Waals surface area contributed by atoms with E-state index in [0.717, 1.165) is 25.2 Å². The number of nitrogens with zero attached hydrogens (tertiary/aromatic N) is 2. The van der Waals surface area contributed by atoms with Gasteiger partial charge in [-0.3, -0.25) is 9.69 Å². The summed E-state index contributed by atoms with van der Waals surface area (Å²) in [5.41, 5.74) is 3.55. The van der Waals surface area contributed by atoms with Crippen molar-refractivity contribution in [2.45, 2.75) is 19.4 Å². The van der Waals surface area contributed by atoms with Crippen molar-refractivity contribution in [1.29, 1.82) is 0 Å². The van der Waals surface area contributed by atoms with Gasteiger partial charge in [-0.2, -0.15) is 11.3 Å². The number of amides is 1. The zero-order chi connectivity index (χ0) is 16.1. The SMILES string of the molecule is O=C(CCN(CCO)Cc1ccsc1)N1CCc2ccccc21. The van der Waals surface area contributed by atoms with Crippen LogP contribution in [0.2, 0.25) is 0 Å². The molecule has 0 unspecified atom stereocenters. The molecule has 0 radical (unpaired) electrons. The van der Waals surface area contributed by atoms with Crippen LogP contribution >= 0.6 is 11.3 Å². The van der Waals surface area contributed by atoms with Gasteiger partial charge in [0.25, 0.3) is 0 Å². The smallest absolute Gasteiger partial charge is 0.228 e. The molecule has 3 rings (SSSR count). The first-order chi connectivity index (χ1) is 11.3. The Morgan fingerprint density at radius 2 is 2.13 bits per heavy atom. The Morgan fingerprint density at radius 1 is 1.26 bits per heavy atom. The maximum absolute atomic E-state index is 12.6. The van der Waals surface area contributed by atoms with Gasteiger partial charge in [-0.05, 0) is 40.4 Å². The van der Waals surface area contributed by atoms with Crippen molar-refractivity contribution in [2.24, 2.45) is 0 Å². The summed E-state index contributed by atoms with van der Waals surface area (Å²) in [4.78, 5) is 16.6. The summed E-state index contributed by atoms with van der Waals surface area (Å²) in [7, 11) is 0. The van der Waals surface area contributed by atoms with Crippen molar-refractivity contribution in [2.75, 3.05) is 31.1 Å². The highest BCUT2D eigenvalue weighted by Crippen LogP contribution is 2.27. The summed E-state index contributed by atoms with van der Waals surface area (Å²) in [5.74, 6) is 0.170. The molecule has 23 heavy (non-hydrogen) atoms. The number of carbonyl (C=O) groups excluding carboxylic acids is 1. The number of hydrogen-bond acceptors (Lipinski definition) is 4. The normalized spacial score (nSPS) is 13.6. The van der Waals surface area contributed by atoms with E-state index in [-0.39, 0.29) is 12.5 Å². The third-order valence-electron chi connectivity index (χ3n) is 4.23. The van der Waals surface area contributed by atoms with E-state index in [4.69, 9.17) is 0 Å². The molecule has 1 aromatic carbocycles. The van der Waals surface area contributed by atoms with Gasteiger partial charge in [0.05, 0.1) is 6.61 Å². The van der Waals surface area contributed by atoms with Crippen LogP contribution in [0.5, 0.6) is 0 Å². The average molecular weight is 330 g/mol. The number of rotatable bonds is 7. The highest BCUT2D eigenvalue weighted by molar-refractivity contribution is 7.07. The van der Waals surface area contributed by atoms with Crippen molar-refractivity contribution < 1.29 is 9.90 Å². The third kappa shape index (κ3) is 3.99. The molecule has 0 saturated carbocycles. The van der Waals surface area contributed by atoms with Crippen molar-refractivity contribution >= 4 is 22.9 Å². The van der Waals surface area contributed by atoms with E-state index in [2.05, 4.69) is 27.8 Å². The van der Waals surface area contributed by atoms with Gasteiger partial charge in [0, 0.05) is 38.3 Å². The molecule has 1 aliphatic heterocycles. The lowest BCUT2D eigenvalue weighted by atomic mass is 10.2. The highest BCUT2D eigenvalue weighted by Gasteiger charge is 2.24. The van der Waals surface area contributed by atoms with Crippen LogP contribution in [0, 0.1) is 0 Å². The Kier molecular flexibility index (Phi) is 5.43. The van der Waals surface area contributed by atoms with Crippen LogP contribution in [0.1, 0.15) is 17.5 Å². The van der Waals surface area contributed by atoms with Crippen LogP contribution < -0.4 is 4.90 Å². The average Bonchev–Trinajstić information content (AvgIpc) is 3.22. The summed E-state index contributed by atoms with van der Waals surface area (Å²) >= 11 is 1.67. The van der Waals surface area contributed by atoms with Crippen LogP contribution in [-0.4, -0.2) is 42.2 Å². The molecule has 0 saturated heterocycles. The summed E-state index contributed by atoms with van der Waals surface area (Å²) in [6, 6.07) is 10.2. The van der Waals surface area contributed by atoms with E-state index in [1.807, 2.05) is 23.1 Å². The van der Waals surface area contributed by atoms with Crippen molar-refractivity contribution in [3.8, 4) is 0 Å².